The molecule has 0 spiro atoms. The molecule has 3 amide bonds. The van der Waals surface area contributed by atoms with Gasteiger partial charge in [-0.05, 0) is 48.9 Å². The summed E-state index contributed by atoms with van der Waals surface area (Å²) >= 11 is 3.37. The summed E-state index contributed by atoms with van der Waals surface area (Å²) in [5.74, 6) is 1.58. The van der Waals surface area contributed by atoms with Crippen LogP contribution in [-0.2, 0) is 10.3 Å². The molecule has 2 aliphatic heterocycles. The van der Waals surface area contributed by atoms with Gasteiger partial charge in [-0.2, -0.15) is 0 Å². The Kier molecular flexibility index (Phi) is 5.36. The number of nitrogens with zero attached hydrogens (tertiary/aromatic N) is 1. The highest BCUT2D eigenvalue weighted by Gasteiger charge is 2.49. The van der Waals surface area contributed by atoms with Gasteiger partial charge in [-0.25, -0.2) is 4.79 Å². The van der Waals surface area contributed by atoms with E-state index < -0.39 is 11.6 Å². The van der Waals surface area contributed by atoms with Crippen molar-refractivity contribution < 1.29 is 23.8 Å². The Morgan fingerprint density at radius 3 is 2.59 bits per heavy atom. The van der Waals surface area contributed by atoms with Crippen LogP contribution in [-0.4, -0.2) is 43.2 Å². The van der Waals surface area contributed by atoms with Gasteiger partial charge in [0.1, 0.15) is 17.9 Å². The predicted molar refractivity (Wildman–Crippen MR) is 109 cm³/mol. The molecule has 152 valence electrons. The summed E-state index contributed by atoms with van der Waals surface area (Å²) in [6.45, 7) is 3.19. The molecule has 0 radical (unpaired) electrons. The van der Waals surface area contributed by atoms with Crippen LogP contribution in [0, 0.1) is 0 Å². The highest BCUT2D eigenvalue weighted by Crippen LogP contribution is 2.36. The summed E-state index contributed by atoms with van der Waals surface area (Å²) in [7, 11) is 0. The second-order valence-corrected chi connectivity index (χ2v) is 7.94. The van der Waals surface area contributed by atoms with Crippen LogP contribution in [0.15, 0.2) is 46.9 Å². The zero-order chi connectivity index (χ0) is 20.4. The van der Waals surface area contributed by atoms with Gasteiger partial charge < -0.3 is 19.5 Å². The summed E-state index contributed by atoms with van der Waals surface area (Å²) in [6, 6.07) is 12.3. The predicted octanol–water partition coefficient (Wildman–Crippen LogP) is 3.46. The highest BCUT2D eigenvalue weighted by molar-refractivity contribution is 9.10. The molecule has 2 heterocycles. The Labute approximate surface area is 177 Å². The van der Waals surface area contributed by atoms with Crippen molar-refractivity contribution in [2.45, 2.75) is 18.9 Å². The average Bonchev–Trinajstić information content (AvgIpc) is 2.87. The highest BCUT2D eigenvalue weighted by atomic mass is 79.9. The molecule has 2 aliphatic rings. The molecule has 0 aromatic heterocycles. The van der Waals surface area contributed by atoms with Crippen molar-refractivity contribution in [1.82, 2.24) is 10.2 Å². The van der Waals surface area contributed by atoms with Gasteiger partial charge in [0, 0.05) is 10.9 Å². The van der Waals surface area contributed by atoms with Gasteiger partial charge in [0.05, 0.1) is 19.8 Å². The fourth-order valence-electron chi connectivity index (χ4n) is 3.36. The fraction of sp³-hybridized carbons (Fsp3) is 0.333. The molecule has 1 unspecified atom stereocenters. The Morgan fingerprint density at radius 1 is 1.10 bits per heavy atom. The van der Waals surface area contributed by atoms with Crippen LogP contribution in [0.4, 0.5) is 4.79 Å². The van der Waals surface area contributed by atoms with E-state index in [1.54, 1.807) is 25.1 Å². The summed E-state index contributed by atoms with van der Waals surface area (Å²) < 4.78 is 18.0. The maximum atomic E-state index is 13.1. The van der Waals surface area contributed by atoms with Crippen molar-refractivity contribution in [2.24, 2.45) is 0 Å². The topological polar surface area (TPSA) is 77.1 Å². The number of amides is 3. The van der Waals surface area contributed by atoms with E-state index in [4.69, 9.17) is 14.2 Å². The molecule has 0 bridgehead atoms. The largest absolute Gasteiger partial charge is 0.492 e. The molecule has 1 saturated heterocycles. The third-order valence-corrected chi connectivity index (χ3v) is 5.53. The van der Waals surface area contributed by atoms with E-state index in [-0.39, 0.29) is 19.1 Å². The first-order chi connectivity index (χ1) is 14.0. The molecule has 2 aromatic carbocycles. The van der Waals surface area contributed by atoms with Crippen molar-refractivity contribution in [3.8, 4) is 17.2 Å². The van der Waals surface area contributed by atoms with Gasteiger partial charge >= 0.3 is 6.03 Å². The maximum Gasteiger partial charge on any atom is 0.325 e. The normalized spacial score (nSPS) is 21.0. The third-order valence-electron chi connectivity index (χ3n) is 5.00. The Hall–Kier alpha value is -2.74. The molecule has 8 heteroatoms. The molecule has 1 fully saturated rings. The van der Waals surface area contributed by atoms with Crippen molar-refractivity contribution in [3.63, 3.8) is 0 Å². The van der Waals surface area contributed by atoms with Gasteiger partial charge in [0.15, 0.2) is 11.5 Å². The van der Waals surface area contributed by atoms with Crippen molar-refractivity contribution in [2.75, 3.05) is 26.4 Å². The van der Waals surface area contributed by atoms with Crippen LogP contribution >= 0.6 is 15.9 Å². The minimum atomic E-state index is -1.17. The van der Waals surface area contributed by atoms with E-state index >= 15 is 0 Å². The van der Waals surface area contributed by atoms with Crippen molar-refractivity contribution >= 4 is 27.9 Å². The number of benzene rings is 2. The monoisotopic (exact) mass is 460 g/mol. The van der Waals surface area contributed by atoms with Crippen LogP contribution in [0.5, 0.6) is 17.2 Å². The van der Waals surface area contributed by atoms with E-state index in [0.717, 1.165) is 10.9 Å². The van der Waals surface area contributed by atoms with Gasteiger partial charge in [0.25, 0.3) is 5.91 Å². The molecule has 29 heavy (non-hydrogen) atoms. The SMILES string of the molecule is CC1(c2ccc3c(c2)OCCCO3)NC(=O)N(CCOc2ccc(Br)cc2)C1=O. The third kappa shape index (κ3) is 3.89. The molecular formula is C21H21BrN2O5. The fourth-order valence-corrected chi connectivity index (χ4v) is 3.62. The number of hydrogen-bond acceptors (Lipinski definition) is 5. The number of carbonyl (C=O) groups excluding carboxylic acids is 2. The zero-order valence-corrected chi connectivity index (χ0v) is 17.5. The second-order valence-electron chi connectivity index (χ2n) is 7.03. The van der Waals surface area contributed by atoms with Crippen LogP contribution in [0.3, 0.4) is 0 Å². The van der Waals surface area contributed by atoms with Crippen LogP contribution in [0.25, 0.3) is 0 Å². The number of halogens is 1. The second kappa shape index (κ2) is 7.94. The molecular weight excluding hydrogens is 440 g/mol. The quantitative estimate of drug-likeness (QED) is 0.691. The van der Waals surface area contributed by atoms with E-state index in [2.05, 4.69) is 21.2 Å². The van der Waals surface area contributed by atoms with E-state index in [0.29, 0.717) is 36.0 Å². The van der Waals surface area contributed by atoms with Gasteiger partial charge in [-0.3, -0.25) is 9.69 Å². The van der Waals surface area contributed by atoms with Gasteiger partial charge in [-0.1, -0.05) is 22.0 Å². The molecule has 0 saturated carbocycles. The van der Waals surface area contributed by atoms with Crippen LogP contribution < -0.4 is 19.5 Å². The lowest BCUT2D eigenvalue weighted by Gasteiger charge is -2.23. The van der Waals surface area contributed by atoms with Gasteiger partial charge in [0.2, 0.25) is 0 Å². The van der Waals surface area contributed by atoms with E-state index in [1.165, 1.54) is 4.90 Å². The first-order valence-corrected chi connectivity index (χ1v) is 10.2. The molecule has 1 atom stereocenters. The number of fused-ring (bicyclic) bond motifs is 1. The lowest BCUT2D eigenvalue weighted by atomic mass is 9.91. The molecule has 4 rings (SSSR count). The number of ether oxygens (including phenoxy) is 3. The molecule has 1 N–H and O–H groups in total. The van der Waals surface area contributed by atoms with Crippen molar-refractivity contribution in [3.05, 3.63) is 52.5 Å². The number of carbonyl (C=O) groups is 2. The van der Waals surface area contributed by atoms with E-state index in [9.17, 15) is 9.59 Å². The Bertz CT molecular complexity index is 933. The first-order valence-electron chi connectivity index (χ1n) is 9.40. The smallest absolute Gasteiger partial charge is 0.325 e. The van der Waals surface area contributed by atoms with Gasteiger partial charge in [-0.15, -0.1) is 0 Å². The summed E-state index contributed by atoms with van der Waals surface area (Å²) in [4.78, 5) is 26.7. The average molecular weight is 461 g/mol. The minimum Gasteiger partial charge on any atom is -0.492 e. The van der Waals surface area contributed by atoms with Crippen LogP contribution in [0.1, 0.15) is 18.9 Å². The summed E-state index contributed by atoms with van der Waals surface area (Å²) in [5.41, 5.74) is -0.518. The zero-order valence-electron chi connectivity index (χ0n) is 15.9. The standard InChI is InChI=1S/C21H21BrN2O5/c1-21(14-3-8-17-18(13-14)29-11-2-10-28-17)19(25)24(20(26)23-21)9-12-27-16-6-4-15(22)5-7-16/h3-8,13H,2,9-12H2,1H3,(H,23,26). The molecule has 2 aromatic rings. The number of urea groups is 1. The summed E-state index contributed by atoms with van der Waals surface area (Å²) in [5, 5.41) is 2.80. The number of nitrogens with one attached hydrogen (secondary N) is 1. The number of hydrogen-bond donors (Lipinski definition) is 1. The Balaban J connectivity index is 1.46. The van der Waals surface area contributed by atoms with E-state index in [1.807, 2.05) is 24.3 Å². The lowest BCUT2D eigenvalue weighted by Crippen LogP contribution is -2.41. The molecule has 0 aliphatic carbocycles. The lowest BCUT2D eigenvalue weighted by molar-refractivity contribution is -0.131. The minimum absolute atomic E-state index is 0.154. The number of rotatable bonds is 5. The first kappa shape index (κ1) is 19.6. The summed E-state index contributed by atoms with van der Waals surface area (Å²) in [6.07, 6.45) is 0.795. The van der Waals surface area contributed by atoms with Crippen molar-refractivity contribution in [1.29, 1.82) is 0 Å². The van der Waals surface area contributed by atoms with Crippen LogP contribution in [0.2, 0.25) is 0 Å². The molecule has 7 nitrogen and oxygen atoms in total. The maximum absolute atomic E-state index is 13.1. The number of imide groups is 1. The Morgan fingerprint density at radius 2 is 1.83 bits per heavy atom.